The van der Waals surface area contributed by atoms with E-state index in [1.54, 1.807) is 0 Å². The molecule has 3 heteroatoms. The summed E-state index contributed by atoms with van der Waals surface area (Å²) in [4.78, 5) is 0. The molecule has 0 fully saturated rings. The van der Waals surface area contributed by atoms with E-state index in [4.69, 9.17) is 11.6 Å². The van der Waals surface area contributed by atoms with Crippen molar-refractivity contribution in [2.45, 2.75) is 0 Å². The molecule has 76 valence electrons. The van der Waals surface area contributed by atoms with E-state index in [2.05, 4.69) is 0 Å². The standard InChI is InChI=1S/C11H13ClN.ClH/c1-13(2)9-8-11(12)10-6-4-3-5-7-10;/h3-9H,1-2H3;1H/q+1;/p-1/b11-8-;. The zero-order valence-electron chi connectivity index (χ0n) is 8.24. The van der Waals surface area contributed by atoms with Crippen molar-refractivity contribution >= 4 is 22.8 Å². The van der Waals surface area contributed by atoms with Gasteiger partial charge in [-0.1, -0.05) is 41.9 Å². The lowest BCUT2D eigenvalue weighted by Gasteiger charge is -1.95. The fraction of sp³-hybridized carbons (Fsp3) is 0.182. The van der Waals surface area contributed by atoms with Gasteiger partial charge in [-0.15, -0.1) is 0 Å². The molecule has 0 N–H and O–H groups in total. The van der Waals surface area contributed by atoms with Crippen LogP contribution in [0.25, 0.3) is 5.03 Å². The fourth-order valence-electron chi connectivity index (χ4n) is 0.908. The summed E-state index contributed by atoms with van der Waals surface area (Å²) in [6.07, 6.45) is 3.81. The summed E-state index contributed by atoms with van der Waals surface area (Å²) in [6.45, 7) is 0. The van der Waals surface area contributed by atoms with Crippen molar-refractivity contribution < 1.29 is 17.0 Å². The van der Waals surface area contributed by atoms with E-state index in [9.17, 15) is 0 Å². The number of rotatable bonds is 2. The lowest BCUT2D eigenvalue weighted by Crippen LogP contribution is -3.00. The highest BCUT2D eigenvalue weighted by Crippen LogP contribution is 2.16. The maximum atomic E-state index is 6.05. The van der Waals surface area contributed by atoms with E-state index < -0.39 is 0 Å². The SMILES string of the molecule is C[N+](C)=C/C=C(\Cl)c1ccccc1.[Cl-]. The second kappa shape index (κ2) is 6.63. The van der Waals surface area contributed by atoms with E-state index in [0.29, 0.717) is 0 Å². The van der Waals surface area contributed by atoms with E-state index >= 15 is 0 Å². The van der Waals surface area contributed by atoms with Gasteiger partial charge in [0.1, 0.15) is 14.1 Å². The van der Waals surface area contributed by atoms with Gasteiger partial charge < -0.3 is 12.4 Å². The van der Waals surface area contributed by atoms with Crippen LogP contribution in [0.5, 0.6) is 0 Å². The third kappa shape index (κ3) is 4.45. The number of halogens is 2. The van der Waals surface area contributed by atoms with Crippen LogP contribution in [0.4, 0.5) is 0 Å². The van der Waals surface area contributed by atoms with Crippen molar-refractivity contribution in [3.63, 3.8) is 0 Å². The van der Waals surface area contributed by atoms with Crippen LogP contribution >= 0.6 is 11.6 Å². The minimum absolute atomic E-state index is 0. The summed E-state index contributed by atoms with van der Waals surface area (Å²) in [6, 6.07) is 9.90. The third-order valence-electron chi connectivity index (χ3n) is 1.57. The van der Waals surface area contributed by atoms with Crippen LogP contribution in [-0.4, -0.2) is 24.9 Å². The van der Waals surface area contributed by atoms with Crippen LogP contribution in [0.2, 0.25) is 0 Å². The van der Waals surface area contributed by atoms with Crippen LogP contribution in [0, 0.1) is 0 Å². The highest BCUT2D eigenvalue weighted by molar-refractivity contribution is 6.49. The smallest absolute Gasteiger partial charge is 0.164 e. The summed E-state index contributed by atoms with van der Waals surface area (Å²) in [7, 11) is 3.93. The summed E-state index contributed by atoms with van der Waals surface area (Å²) < 4.78 is 1.95. The first kappa shape index (κ1) is 13.2. The van der Waals surface area contributed by atoms with Gasteiger partial charge in [0.2, 0.25) is 0 Å². The molecule has 0 radical (unpaired) electrons. The number of hydrogen-bond acceptors (Lipinski definition) is 0. The van der Waals surface area contributed by atoms with Crippen molar-refractivity contribution in [3.05, 3.63) is 42.0 Å². The van der Waals surface area contributed by atoms with Crippen LogP contribution in [0.15, 0.2) is 36.4 Å². The van der Waals surface area contributed by atoms with Crippen LogP contribution in [-0.2, 0) is 0 Å². The molecule has 1 aromatic rings. The van der Waals surface area contributed by atoms with Crippen LogP contribution in [0.3, 0.4) is 0 Å². The van der Waals surface area contributed by atoms with Crippen molar-refractivity contribution in [2.75, 3.05) is 14.1 Å². The van der Waals surface area contributed by atoms with Gasteiger partial charge in [0.25, 0.3) is 0 Å². The number of benzene rings is 1. The van der Waals surface area contributed by atoms with Crippen LogP contribution in [0.1, 0.15) is 5.56 Å². The zero-order chi connectivity index (χ0) is 9.68. The van der Waals surface area contributed by atoms with E-state index in [1.807, 2.05) is 61.3 Å². The molecule has 0 saturated carbocycles. The Morgan fingerprint density at radius 3 is 2.29 bits per heavy atom. The lowest BCUT2D eigenvalue weighted by molar-refractivity contribution is -0.458. The average Bonchev–Trinajstić information content (AvgIpc) is 2.15. The molecule has 0 heterocycles. The van der Waals surface area contributed by atoms with Gasteiger partial charge in [-0.2, -0.15) is 0 Å². The fourth-order valence-corrected chi connectivity index (χ4v) is 1.09. The van der Waals surface area contributed by atoms with Crippen LogP contribution < -0.4 is 12.4 Å². The maximum Gasteiger partial charge on any atom is 0.164 e. The van der Waals surface area contributed by atoms with Crippen molar-refractivity contribution in [1.82, 2.24) is 0 Å². The summed E-state index contributed by atoms with van der Waals surface area (Å²) in [5.41, 5.74) is 1.04. The number of nitrogens with zero attached hydrogens (tertiary/aromatic N) is 1. The minimum atomic E-state index is 0. The predicted octanol–water partition coefficient (Wildman–Crippen LogP) is -0.387. The van der Waals surface area contributed by atoms with E-state index in [1.165, 1.54) is 0 Å². The largest absolute Gasteiger partial charge is 1.00 e. The Balaban J connectivity index is 0.00000169. The van der Waals surface area contributed by atoms with Gasteiger partial charge in [0, 0.05) is 6.08 Å². The molecule has 14 heavy (non-hydrogen) atoms. The summed E-state index contributed by atoms with van der Waals surface area (Å²) in [5, 5.41) is 0.759. The summed E-state index contributed by atoms with van der Waals surface area (Å²) >= 11 is 6.05. The molecule has 0 bridgehead atoms. The van der Waals surface area contributed by atoms with Gasteiger partial charge in [0.15, 0.2) is 6.21 Å². The van der Waals surface area contributed by atoms with Gasteiger partial charge in [0.05, 0.1) is 5.03 Å². The molecule has 1 rings (SSSR count). The molecule has 0 atom stereocenters. The molecule has 0 amide bonds. The average molecular weight is 230 g/mol. The first-order valence-electron chi connectivity index (χ1n) is 4.12. The number of hydrogen-bond donors (Lipinski definition) is 0. The Bertz CT molecular complexity index is 324. The first-order valence-corrected chi connectivity index (χ1v) is 4.50. The van der Waals surface area contributed by atoms with Gasteiger partial charge in [-0.3, -0.25) is 0 Å². The minimum Gasteiger partial charge on any atom is -1.00 e. The highest BCUT2D eigenvalue weighted by atomic mass is 35.5. The third-order valence-corrected chi connectivity index (χ3v) is 1.91. The Morgan fingerprint density at radius 2 is 1.79 bits per heavy atom. The molecule has 1 nitrogen and oxygen atoms in total. The lowest BCUT2D eigenvalue weighted by atomic mass is 10.2. The topological polar surface area (TPSA) is 3.01 Å². The second-order valence-corrected chi connectivity index (χ2v) is 3.40. The van der Waals surface area contributed by atoms with Gasteiger partial charge in [-0.25, -0.2) is 4.58 Å². The Hall–Kier alpha value is -0.790. The van der Waals surface area contributed by atoms with Crippen molar-refractivity contribution in [3.8, 4) is 0 Å². The monoisotopic (exact) mass is 229 g/mol. The normalized spacial score (nSPS) is 10.4. The zero-order valence-corrected chi connectivity index (χ0v) is 9.76. The highest BCUT2D eigenvalue weighted by Gasteiger charge is 1.94. The van der Waals surface area contributed by atoms with Gasteiger partial charge >= 0.3 is 0 Å². The Kier molecular flexibility index (Phi) is 6.26. The Labute approximate surface area is 96.1 Å². The molecular formula is C11H13Cl2N. The molecule has 0 aliphatic carbocycles. The molecule has 0 aromatic heterocycles. The molecular weight excluding hydrogens is 217 g/mol. The van der Waals surface area contributed by atoms with Crippen molar-refractivity contribution in [2.24, 2.45) is 0 Å². The van der Waals surface area contributed by atoms with E-state index in [-0.39, 0.29) is 12.4 Å². The predicted molar refractivity (Wildman–Crippen MR) is 58.4 cm³/mol. The van der Waals surface area contributed by atoms with E-state index in [0.717, 1.165) is 10.6 Å². The van der Waals surface area contributed by atoms with Crippen molar-refractivity contribution in [1.29, 1.82) is 0 Å². The molecule has 0 saturated heterocycles. The first-order chi connectivity index (χ1) is 6.20. The maximum absolute atomic E-state index is 6.05. The molecule has 0 aliphatic rings. The molecule has 0 unspecified atom stereocenters. The second-order valence-electron chi connectivity index (χ2n) is 2.99. The summed E-state index contributed by atoms with van der Waals surface area (Å²) in [5.74, 6) is 0. The molecule has 0 aliphatic heterocycles. The number of allylic oxidation sites excluding steroid dienone is 1. The molecule has 1 aromatic carbocycles. The quantitative estimate of drug-likeness (QED) is 0.481. The molecule has 0 spiro atoms. The van der Waals surface area contributed by atoms with Gasteiger partial charge in [-0.05, 0) is 5.56 Å². The Morgan fingerprint density at radius 1 is 1.21 bits per heavy atom.